The Balaban J connectivity index is 1.70. The van der Waals surface area contributed by atoms with Gasteiger partial charge in [-0.3, -0.25) is 20.0 Å². The molecule has 0 aliphatic carbocycles. The van der Waals surface area contributed by atoms with Crippen LogP contribution >= 0.6 is 0 Å². The predicted octanol–water partition coefficient (Wildman–Crippen LogP) is 2.75. The van der Waals surface area contributed by atoms with Gasteiger partial charge in [0.15, 0.2) is 0 Å². The lowest BCUT2D eigenvalue weighted by Crippen LogP contribution is -2.17. The van der Waals surface area contributed by atoms with Gasteiger partial charge in [-0.25, -0.2) is 5.43 Å². The van der Waals surface area contributed by atoms with Crippen molar-refractivity contribution in [2.75, 3.05) is 0 Å². The summed E-state index contributed by atoms with van der Waals surface area (Å²) in [4.78, 5) is 22.4. The van der Waals surface area contributed by atoms with Gasteiger partial charge in [0.1, 0.15) is 5.69 Å². The number of non-ortho nitro benzene ring substituents is 1. The average molecular weight is 335 g/mol. The van der Waals surface area contributed by atoms with E-state index in [2.05, 4.69) is 20.7 Å². The molecule has 0 bridgehead atoms. The van der Waals surface area contributed by atoms with Gasteiger partial charge in [0, 0.05) is 17.7 Å². The summed E-state index contributed by atoms with van der Waals surface area (Å²) in [5.41, 5.74) is 4.37. The van der Waals surface area contributed by atoms with E-state index in [9.17, 15) is 14.9 Å². The molecule has 124 valence electrons. The Kier molecular flexibility index (Phi) is 4.61. The number of nitro groups is 1. The maximum atomic E-state index is 12.1. The minimum Gasteiger partial charge on any atom is -0.272 e. The highest BCUT2D eigenvalue weighted by Gasteiger charge is 2.13. The molecule has 0 saturated carbocycles. The Hall–Kier alpha value is -3.81. The molecule has 3 aromatic rings. The summed E-state index contributed by atoms with van der Waals surface area (Å²) < 4.78 is 0. The lowest BCUT2D eigenvalue weighted by atomic mass is 10.1. The van der Waals surface area contributed by atoms with Crippen LogP contribution in [0.3, 0.4) is 0 Å². The molecule has 0 saturated heterocycles. The van der Waals surface area contributed by atoms with E-state index in [4.69, 9.17) is 0 Å². The maximum absolute atomic E-state index is 12.1. The van der Waals surface area contributed by atoms with Gasteiger partial charge < -0.3 is 0 Å². The third kappa shape index (κ3) is 3.94. The highest BCUT2D eigenvalue weighted by atomic mass is 16.6. The molecule has 0 aliphatic rings. The number of nitrogens with zero attached hydrogens (tertiary/aromatic N) is 3. The molecule has 0 fully saturated rings. The Morgan fingerprint density at radius 2 is 1.96 bits per heavy atom. The SMILES string of the molecule is O=C(N/N=C\c1ccccc1)c1cc(-c2cccc([N+](=O)[O-])c2)n[nH]1. The number of nitrogens with one attached hydrogen (secondary N) is 2. The van der Waals surface area contributed by atoms with Crippen LogP contribution in [-0.2, 0) is 0 Å². The average Bonchev–Trinajstić information content (AvgIpc) is 3.13. The van der Waals surface area contributed by atoms with Crippen LogP contribution in [0.4, 0.5) is 5.69 Å². The van der Waals surface area contributed by atoms with E-state index in [1.54, 1.807) is 12.1 Å². The number of aromatic amines is 1. The van der Waals surface area contributed by atoms with Gasteiger partial charge >= 0.3 is 0 Å². The van der Waals surface area contributed by atoms with Crippen molar-refractivity contribution >= 4 is 17.8 Å². The third-order valence-electron chi connectivity index (χ3n) is 3.35. The molecule has 0 radical (unpaired) electrons. The number of benzene rings is 2. The minimum atomic E-state index is -0.484. The molecule has 0 aliphatic heterocycles. The second-order valence-electron chi connectivity index (χ2n) is 5.08. The highest BCUT2D eigenvalue weighted by Crippen LogP contribution is 2.22. The number of carbonyl (C=O) groups excluding carboxylic acids is 1. The van der Waals surface area contributed by atoms with Gasteiger partial charge in [-0.1, -0.05) is 42.5 Å². The first-order valence-electron chi connectivity index (χ1n) is 7.32. The quantitative estimate of drug-likeness (QED) is 0.424. The fourth-order valence-corrected chi connectivity index (χ4v) is 2.13. The lowest BCUT2D eigenvalue weighted by molar-refractivity contribution is -0.384. The maximum Gasteiger partial charge on any atom is 0.289 e. The van der Waals surface area contributed by atoms with Crippen LogP contribution in [0.25, 0.3) is 11.3 Å². The number of amides is 1. The van der Waals surface area contributed by atoms with Gasteiger partial charge in [0.2, 0.25) is 0 Å². The highest BCUT2D eigenvalue weighted by molar-refractivity contribution is 5.94. The Morgan fingerprint density at radius 3 is 2.72 bits per heavy atom. The number of hydrogen-bond acceptors (Lipinski definition) is 5. The first-order chi connectivity index (χ1) is 12.1. The van der Waals surface area contributed by atoms with E-state index in [1.807, 2.05) is 30.3 Å². The van der Waals surface area contributed by atoms with Crippen LogP contribution in [0.2, 0.25) is 0 Å². The zero-order chi connectivity index (χ0) is 17.6. The van der Waals surface area contributed by atoms with Crippen molar-refractivity contribution in [3.8, 4) is 11.3 Å². The summed E-state index contributed by atoms with van der Waals surface area (Å²) in [6.07, 6.45) is 1.52. The number of nitro benzene ring substituents is 1. The number of H-pyrrole nitrogens is 1. The topological polar surface area (TPSA) is 113 Å². The standard InChI is InChI=1S/C17H13N5O3/c23-17(21-18-11-12-5-2-1-3-6-12)16-10-15(19-20-16)13-7-4-8-14(9-13)22(24)25/h1-11H,(H,19,20)(H,21,23)/b18-11-. The summed E-state index contributed by atoms with van der Waals surface area (Å²) in [7, 11) is 0. The van der Waals surface area contributed by atoms with E-state index in [0.717, 1.165) is 5.56 Å². The zero-order valence-electron chi connectivity index (χ0n) is 12.9. The summed E-state index contributed by atoms with van der Waals surface area (Å²) >= 11 is 0. The molecule has 8 heteroatoms. The van der Waals surface area contributed by atoms with Crippen molar-refractivity contribution < 1.29 is 9.72 Å². The van der Waals surface area contributed by atoms with E-state index in [1.165, 1.54) is 24.4 Å². The smallest absolute Gasteiger partial charge is 0.272 e. The van der Waals surface area contributed by atoms with Crippen LogP contribution < -0.4 is 5.43 Å². The number of rotatable bonds is 5. The molecule has 1 aromatic heterocycles. The number of aromatic nitrogens is 2. The van der Waals surface area contributed by atoms with Crippen molar-refractivity contribution in [3.63, 3.8) is 0 Å². The second-order valence-corrected chi connectivity index (χ2v) is 5.08. The largest absolute Gasteiger partial charge is 0.289 e. The molecule has 0 spiro atoms. The summed E-state index contributed by atoms with van der Waals surface area (Å²) in [5.74, 6) is -0.462. The first kappa shape index (κ1) is 16.1. The van der Waals surface area contributed by atoms with Crippen LogP contribution in [0.5, 0.6) is 0 Å². The van der Waals surface area contributed by atoms with Crippen LogP contribution in [0.15, 0.2) is 65.8 Å². The van der Waals surface area contributed by atoms with E-state index in [0.29, 0.717) is 11.3 Å². The van der Waals surface area contributed by atoms with Gasteiger partial charge in [0.05, 0.1) is 16.8 Å². The third-order valence-corrected chi connectivity index (χ3v) is 3.35. The van der Waals surface area contributed by atoms with Crippen molar-refractivity contribution in [2.45, 2.75) is 0 Å². The molecule has 2 aromatic carbocycles. The molecule has 2 N–H and O–H groups in total. The van der Waals surface area contributed by atoms with E-state index >= 15 is 0 Å². The summed E-state index contributed by atoms with van der Waals surface area (Å²) in [6.45, 7) is 0. The van der Waals surface area contributed by atoms with E-state index < -0.39 is 10.8 Å². The Morgan fingerprint density at radius 1 is 1.16 bits per heavy atom. The molecular formula is C17H13N5O3. The molecule has 1 heterocycles. The molecule has 3 rings (SSSR count). The number of carbonyl (C=O) groups is 1. The van der Waals surface area contributed by atoms with Crippen LogP contribution in [0.1, 0.15) is 16.1 Å². The molecule has 0 atom stereocenters. The van der Waals surface area contributed by atoms with Crippen molar-refractivity contribution in [2.24, 2.45) is 5.10 Å². The zero-order valence-corrected chi connectivity index (χ0v) is 12.9. The fraction of sp³-hybridized carbons (Fsp3) is 0. The van der Waals surface area contributed by atoms with Crippen LogP contribution in [-0.4, -0.2) is 27.2 Å². The fourth-order valence-electron chi connectivity index (χ4n) is 2.13. The molecular weight excluding hydrogens is 322 g/mol. The summed E-state index contributed by atoms with van der Waals surface area (Å²) in [5, 5.41) is 21.3. The minimum absolute atomic E-state index is 0.0426. The Bertz CT molecular complexity index is 934. The van der Waals surface area contributed by atoms with Gasteiger partial charge in [-0.2, -0.15) is 10.2 Å². The van der Waals surface area contributed by atoms with E-state index in [-0.39, 0.29) is 11.4 Å². The van der Waals surface area contributed by atoms with Crippen molar-refractivity contribution in [1.29, 1.82) is 0 Å². The number of hydrogen-bond donors (Lipinski definition) is 2. The lowest BCUT2D eigenvalue weighted by Gasteiger charge is -1.96. The summed E-state index contributed by atoms with van der Waals surface area (Å²) in [6, 6.07) is 16.9. The van der Waals surface area contributed by atoms with Gasteiger partial charge in [-0.15, -0.1) is 0 Å². The monoisotopic (exact) mass is 335 g/mol. The normalized spacial score (nSPS) is 10.7. The molecule has 0 unspecified atom stereocenters. The number of hydrazone groups is 1. The Labute approximate surface area is 142 Å². The molecule has 25 heavy (non-hydrogen) atoms. The second kappa shape index (κ2) is 7.18. The van der Waals surface area contributed by atoms with Crippen molar-refractivity contribution in [1.82, 2.24) is 15.6 Å². The predicted molar refractivity (Wildman–Crippen MR) is 92.2 cm³/mol. The van der Waals surface area contributed by atoms with Crippen molar-refractivity contribution in [3.05, 3.63) is 82.0 Å². The van der Waals surface area contributed by atoms with Gasteiger partial charge in [-0.05, 0) is 11.6 Å². The molecule has 1 amide bonds. The molecule has 8 nitrogen and oxygen atoms in total. The van der Waals surface area contributed by atoms with Gasteiger partial charge in [0.25, 0.3) is 11.6 Å². The van der Waals surface area contributed by atoms with Crippen LogP contribution in [0, 0.1) is 10.1 Å². The first-order valence-corrected chi connectivity index (χ1v) is 7.32.